The summed E-state index contributed by atoms with van der Waals surface area (Å²) in [7, 11) is 0. The Morgan fingerprint density at radius 1 is 1.24 bits per heavy atom. The van der Waals surface area contributed by atoms with Crippen molar-refractivity contribution in [1.29, 1.82) is 0 Å². The molecule has 0 aliphatic carbocycles. The van der Waals surface area contributed by atoms with Gasteiger partial charge >= 0.3 is 6.18 Å². The number of aryl methyl sites for hydroxylation is 1. The van der Waals surface area contributed by atoms with E-state index in [-0.39, 0.29) is 40.5 Å². The van der Waals surface area contributed by atoms with Crippen molar-refractivity contribution in [2.75, 3.05) is 30.3 Å². The Hall–Kier alpha value is -3.46. The van der Waals surface area contributed by atoms with E-state index in [0.29, 0.717) is 37.8 Å². The Balaban J connectivity index is 1.44. The van der Waals surface area contributed by atoms with Crippen LogP contribution in [0.15, 0.2) is 30.6 Å². The maximum atomic E-state index is 14.4. The fourth-order valence-corrected chi connectivity index (χ4v) is 4.65. The molecule has 0 unspecified atom stereocenters. The van der Waals surface area contributed by atoms with Gasteiger partial charge in [-0.3, -0.25) is 14.7 Å². The van der Waals surface area contributed by atoms with Gasteiger partial charge in [0.25, 0.3) is 12.3 Å². The first-order chi connectivity index (χ1) is 18.0. The number of halogens is 6. The normalized spacial score (nSPS) is 15.1. The number of benzene rings is 1. The smallest absolute Gasteiger partial charge is 0.434 e. The standard InChI is InChI=1S/C23H22F6N6O2S/c1-12-20(22(38-34-12)33-19-10-30-9-17(32-19)23(27,28)29)21(36)31-13-2-3-15(24)16(8-13)37-14-4-6-35(7-5-14)11-18(25)26/h2-3,8-10,14,18H,4-7,11H2,1H3,(H,31,36)(H,32,33). The van der Waals surface area contributed by atoms with Gasteiger partial charge in [-0.25, -0.2) is 18.2 Å². The Bertz CT molecular complexity index is 1280. The van der Waals surface area contributed by atoms with Crippen molar-refractivity contribution in [1.82, 2.24) is 19.2 Å². The third kappa shape index (κ3) is 6.89. The fourth-order valence-electron chi connectivity index (χ4n) is 3.85. The molecule has 38 heavy (non-hydrogen) atoms. The average Bonchev–Trinajstić information content (AvgIpc) is 3.21. The second kappa shape index (κ2) is 11.5. The molecule has 1 aliphatic rings. The molecule has 1 amide bonds. The van der Waals surface area contributed by atoms with E-state index in [9.17, 15) is 31.1 Å². The van der Waals surface area contributed by atoms with Crippen LogP contribution in [-0.2, 0) is 6.18 Å². The molecule has 8 nitrogen and oxygen atoms in total. The van der Waals surface area contributed by atoms with Gasteiger partial charge in [0.2, 0.25) is 0 Å². The van der Waals surface area contributed by atoms with E-state index in [1.54, 1.807) is 11.8 Å². The van der Waals surface area contributed by atoms with Crippen molar-refractivity contribution in [3.63, 3.8) is 0 Å². The summed E-state index contributed by atoms with van der Waals surface area (Å²) in [6.07, 6.45) is -4.96. The van der Waals surface area contributed by atoms with Crippen molar-refractivity contribution < 1.29 is 35.9 Å². The molecule has 1 aromatic carbocycles. The second-order valence-corrected chi connectivity index (χ2v) is 9.27. The van der Waals surface area contributed by atoms with Crippen LogP contribution in [0.25, 0.3) is 0 Å². The van der Waals surface area contributed by atoms with Crippen molar-refractivity contribution in [2.45, 2.75) is 38.5 Å². The molecule has 0 atom stereocenters. The average molecular weight is 561 g/mol. The number of hydrogen-bond acceptors (Lipinski definition) is 8. The summed E-state index contributed by atoms with van der Waals surface area (Å²) in [5.41, 5.74) is -0.623. The topological polar surface area (TPSA) is 92.3 Å². The highest BCUT2D eigenvalue weighted by molar-refractivity contribution is 7.10. The Morgan fingerprint density at radius 2 is 1.97 bits per heavy atom. The zero-order valence-corrected chi connectivity index (χ0v) is 20.7. The van der Waals surface area contributed by atoms with Crippen LogP contribution in [-0.4, -0.2) is 57.3 Å². The summed E-state index contributed by atoms with van der Waals surface area (Å²) in [5.74, 6) is -1.63. The van der Waals surface area contributed by atoms with Crippen LogP contribution < -0.4 is 15.4 Å². The summed E-state index contributed by atoms with van der Waals surface area (Å²) >= 11 is 0.849. The first kappa shape index (κ1) is 27.6. The van der Waals surface area contributed by atoms with E-state index in [0.717, 1.165) is 23.8 Å². The lowest BCUT2D eigenvalue weighted by atomic mass is 10.1. The number of rotatable bonds is 8. The number of carbonyl (C=O) groups is 1. The molecule has 3 aromatic rings. The molecule has 4 rings (SSSR count). The van der Waals surface area contributed by atoms with Crippen LogP contribution in [0, 0.1) is 12.7 Å². The molecule has 1 saturated heterocycles. The molecule has 0 spiro atoms. The SMILES string of the molecule is Cc1nsc(Nc2cncc(C(F)(F)F)n2)c1C(=O)Nc1ccc(F)c(OC2CCN(CC(F)F)CC2)c1. The van der Waals surface area contributed by atoms with E-state index in [2.05, 4.69) is 25.0 Å². The number of alkyl halides is 5. The quantitative estimate of drug-likeness (QED) is 0.352. The van der Waals surface area contributed by atoms with Crippen molar-refractivity contribution in [3.05, 3.63) is 53.4 Å². The van der Waals surface area contributed by atoms with Gasteiger partial charge in [0.1, 0.15) is 16.9 Å². The molecular weight excluding hydrogens is 538 g/mol. The minimum atomic E-state index is -4.69. The van der Waals surface area contributed by atoms with Crippen LogP contribution in [0.2, 0.25) is 0 Å². The predicted molar refractivity (Wildman–Crippen MR) is 128 cm³/mol. The number of carbonyl (C=O) groups excluding carboxylic acids is 1. The Labute approximate surface area is 217 Å². The number of likely N-dealkylation sites (tertiary alicyclic amines) is 1. The summed E-state index contributed by atoms with van der Waals surface area (Å²) in [6.45, 7) is 2.01. The lowest BCUT2D eigenvalue weighted by Crippen LogP contribution is -2.40. The van der Waals surface area contributed by atoms with Gasteiger partial charge in [0.05, 0.1) is 30.2 Å². The summed E-state index contributed by atoms with van der Waals surface area (Å²) in [5, 5.41) is 5.40. The van der Waals surface area contributed by atoms with Crippen LogP contribution in [0.4, 0.5) is 42.8 Å². The second-order valence-electron chi connectivity index (χ2n) is 8.49. The van der Waals surface area contributed by atoms with Crippen molar-refractivity contribution >= 4 is 33.9 Å². The number of piperidine rings is 1. The molecule has 204 valence electrons. The van der Waals surface area contributed by atoms with Crippen LogP contribution in [0.5, 0.6) is 5.75 Å². The largest absolute Gasteiger partial charge is 0.487 e. The monoisotopic (exact) mass is 560 g/mol. The summed E-state index contributed by atoms with van der Waals surface area (Å²) in [4.78, 5) is 21.7. The molecule has 15 heteroatoms. The Morgan fingerprint density at radius 3 is 2.66 bits per heavy atom. The minimum Gasteiger partial charge on any atom is -0.487 e. The molecule has 0 radical (unpaired) electrons. The zero-order chi connectivity index (χ0) is 27.4. The molecular formula is C23H22F6N6O2S. The number of amides is 1. The van der Waals surface area contributed by atoms with Crippen molar-refractivity contribution in [2.24, 2.45) is 0 Å². The zero-order valence-electron chi connectivity index (χ0n) is 19.9. The predicted octanol–water partition coefficient (Wildman–Crippen LogP) is 5.50. The summed E-state index contributed by atoms with van der Waals surface area (Å²) in [6, 6.07) is 3.75. The maximum Gasteiger partial charge on any atom is 0.434 e. The number of aromatic nitrogens is 3. The lowest BCUT2D eigenvalue weighted by molar-refractivity contribution is -0.141. The number of nitrogens with zero attached hydrogens (tertiary/aromatic N) is 4. The molecule has 3 heterocycles. The first-order valence-corrected chi connectivity index (χ1v) is 12.2. The number of hydrogen-bond donors (Lipinski definition) is 2. The first-order valence-electron chi connectivity index (χ1n) is 11.4. The summed E-state index contributed by atoms with van der Waals surface area (Å²) < 4.78 is 88.3. The van der Waals surface area contributed by atoms with Gasteiger partial charge in [0.15, 0.2) is 17.3 Å². The highest BCUT2D eigenvalue weighted by atomic mass is 32.1. The van der Waals surface area contributed by atoms with E-state index in [1.807, 2.05) is 0 Å². The van der Waals surface area contributed by atoms with Gasteiger partial charge < -0.3 is 15.4 Å². The molecule has 0 bridgehead atoms. The highest BCUT2D eigenvalue weighted by Gasteiger charge is 2.33. The van der Waals surface area contributed by atoms with E-state index in [1.165, 1.54) is 12.1 Å². The molecule has 2 N–H and O–H groups in total. The van der Waals surface area contributed by atoms with Crippen LogP contribution in [0.1, 0.15) is 34.6 Å². The maximum absolute atomic E-state index is 14.4. The van der Waals surface area contributed by atoms with E-state index >= 15 is 0 Å². The fraction of sp³-hybridized carbons (Fsp3) is 0.391. The van der Waals surface area contributed by atoms with E-state index < -0.39 is 30.0 Å². The minimum absolute atomic E-state index is 0.0624. The van der Waals surface area contributed by atoms with Gasteiger partial charge in [-0.15, -0.1) is 0 Å². The van der Waals surface area contributed by atoms with Crippen LogP contribution >= 0.6 is 11.5 Å². The van der Waals surface area contributed by atoms with Gasteiger partial charge in [-0.2, -0.15) is 17.5 Å². The molecule has 1 aliphatic heterocycles. The Kier molecular flexibility index (Phi) is 8.35. The van der Waals surface area contributed by atoms with Crippen LogP contribution in [0.3, 0.4) is 0 Å². The number of ether oxygens (including phenoxy) is 1. The van der Waals surface area contributed by atoms with E-state index in [4.69, 9.17) is 4.74 Å². The number of anilines is 3. The van der Waals surface area contributed by atoms with Gasteiger partial charge in [-0.05, 0) is 43.4 Å². The molecule has 1 fully saturated rings. The lowest BCUT2D eigenvalue weighted by Gasteiger charge is -2.31. The molecule has 2 aromatic heterocycles. The van der Waals surface area contributed by atoms with Crippen molar-refractivity contribution in [3.8, 4) is 5.75 Å². The highest BCUT2D eigenvalue weighted by Crippen LogP contribution is 2.32. The number of nitrogens with one attached hydrogen (secondary N) is 2. The third-order valence-electron chi connectivity index (χ3n) is 5.67. The molecule has 0 saturated carbocycles. The third-order valence-corrected chi connectivity index (χ3v) is 6.52. The van der Waals surface area contributed by atoms with Gasteiger partial charge in [-0.1, -0.05) is 0 Å². The van der Waals surface area contributed by atoms with Gasteiger partial charge in [0, 0.05) is 24.8 Å².